The number of nitrogens with zero attached hydrogens (tertiary/aromatic N) is 1. The number of nitrogens with one attached hydrogen (secondary N) is 2. The van der Waals surface area contributed by atoms with Gasteiger partial charge in [0.05, 0.1) is 12.2 Å². The van der Waals surface area contributed by atoms with Crippen molar-refractivity contribution in [2.45, 2.75) is 12.8 Å². The molecule has 2 amide bonds. The van der Waals surface area contributed by atoms with Crippen molar-refractivity contribution in [2.24, 2.45) is 0 Å². The third-order valence-electron chi connectivity index (χ3n) is 4.75. The second-order valence-corrected chi connectivity index (χ2v) is 7.40. The van der Waals surface area contributed by atoms with Crippen molar-refractivity contribution in [3.63, 3.8) is 0 Å². The van der Waals surface area contributed by atoms with Crippen LogP contribution < -0.4 is 20.3 Å². The summed E-state index contributed by atoms with van der Waals surface area (Å²) in [6.07, 6.45) is 2.20. The number of benzene rings is 2. The molecule has 2 aromatic rings. The maximum Gasteiger partial charge on any atom is 0.262 e. The lowest BCUT2D eigenvalue weighted by atomic mass is 10.1. The number of methoxy groups -OCH3 is 1. The molecule has 7 nitrogen and oxygen atoms in total. The first kappa shape index (κ1) is 21.9. The molecule has 3 rings (SSSR count). The molecule has 0 aromatic heterocycles. The molecule has 1 heterocycles. The van der Waals surface area contributed by atoms with E-state index >= 15 is 0 Å². The largest absolute Gasteiger partial charge is 0.484 e. The van der Waals surface area contributed by atoms with E-state index in [4.69, 9.17) is 21.1 Å². The van der Waals surface area contributed by atoms with Crippen molar-refractivity contribution in [3.05, 3.63) is 53.1 Å². The molecule has 0 unspecified atom stereocenters. The lowest BCUT2D eigenvalue weighted by Gasteiger charge is -2.22. The van der Waals surface area contributed by atoms with Gasteiger partial charge in [0, 0.05) is 43.1 Å². The zero-order valence-corrected chi connectivity index (χ0v) is 17.7. The first-order valence-electron chi connectivity index (χ1n) is 9.91. The van der Waals surface area contributed by atoms with Crippen LogP contribution in [0.25, 0.3) is 0 Å². The smallest absolute Gasteiger partial charge is 0.262 e. The van der Waals surface area contributed by atoms with E-state index in [9.17, 15) is 9.59 Å². The van der Waals surface area contributed by atoms with E-state index in [0.717, 1.165) is 31.6 Å². The predicted molar refractivity (Wildman–Crippen MR) is 118 cm³/mol. The summed E-state index contributed by atoms with van der Waals surface area (Å²) >= 11 is 5.84. The first-order valence-corrected chi connectivity index (χ1v) is 10.3. The van der Waals surface area contributed by atoms with E-state index in [-0.39, 0.29) is 18.4 Å². The highest BCUT2D eigenvalue weighted by atomic mass is 35.5. The molecular formula is C22H26ClN3O4. The second-order valence-electron chi connectivity index (χ2n) is 6.97. The van der Waals surface area contributed by atoms with Gasteiger partial charge in [-0.25, -0.2) is 0 Å². The summed E-state index contributed by atoms with van der Waals surface area (Å²) in [5, 5.41) is 6.25. The van der Waals surface area contributed by atoms with Crippen LogP contribution in [0.2, 0.25) is 5.02 Å². The standard InChI is InChI=1S/C22H26ClN3O4/c1-29-13-10-24-22(28)19-14-17(6-9-20(19)26-11-2-3-12-26)25-21(27)15-30-18-7-4-16(23)5-8-18/h4-9,14H,2-3,10-13,15H2,1H3,(H,24,28)(H,25,27). The molecule has 0 bridgehead atoms. The van der Waals surface area contributed by atoms with Gasteiger partial charge >= 0.3 is 0 Å². The van der Waals surface area contributed by atoms with Gasteiger partial charge in [-0.2, -0.15) is 0 Å². The maximum atomic E-state index is 12.7. The third-order valence-corrected chi connectivity index (χ3v) is 5.00. The summed E-state index contributed by atoms with van der Waals surface area (Å²) in [6.45, 7) is 2.53. The van der Waals surface area contributed by atoms with Gasteiger partial charge in [-0.1, -0.05) is 11.6 Å². The Hall–Kier alpha value is -2.77. The van der Waals surface area contributed by atoms with Crippen LogP contribution in [0, 0.1) is 0 Å². The van der Waals surface area contributed by atoms with Crippen LogP contribution in [-0.2, 0) is 9.53 Å². The van der Waals surface area contributed by atoms with Crippen LogP contribution in [0.3, 0.4) is 0 Å². The lowest BCUT2D eigenvalue weighted by molar-refractivity contribution is -0.118. The van der Waals surface area contributed by atoms with Crippen molar-refractivity contribution < 1.29 is 19.1 Å². The highest BCUT2D eigenvalue weighted by molar-refractivity contribution is 6.30. The van der Waals surface area contributed by atoms with Crippen LogP contribution in [0.4, 0.5) is 11.4 Å². The van der Waals surface area contributed by atoms with E-state index < -0.39 is 0 Å². The number of halogens is 1. The third kappa shape index (κ3) is 6.11. The Bertz CT molecular complexity index is 867. The molecule has 2 N–H and O–H groups in total. The molecule has 2 aromatic carbocycles. The molecule has 0 atom stereocenters. The average Bonchev–Trinajstić information content (AvgIpc) is 3.28. The molecule has 1 fully saturated rings. The number of anilines is 2. The number of hydrogen-bond donors (Lipinski definition) is 2. The van der Waals surface area contributed by atoms with Crippen LogP contribution in [0.1, 0.15) is 23.2 Å². The van der Waals surface area contributed by atoms with E-state index in [1.54, 1.807) is 43.5 Å². The Morgan fingerprint density at radius 3 is 2.53 bits per heavy atom. The number of carbonyl (C=O) groups excluding carboxylic acids is 2. The molecule has 8 heteroatoms. The fourth-order valence-electron chi connectivity index (χ4n) is 3.27. The second kappa shape index (κ2) is 10.8. The fourth-order valence-corrected chi connectivity index (χ4v) is 3.39. The Balaban J connectivity index is 1.67. The lowest BCUT2D eigenvalue weighted by Crippen LogP contribution is -2.30. The van der Waals surface area contributed by atoms with E-state index in [1.165, 1.54) is 0 Å². The normalized spacial score (nSPS) is 13.2. The van der Waals surface area contributed by atoms with E-state index in [2.05, 4.69) is 15.5 Å². The van der Waals surface area contributed by atoms with Crippen molar-refractivity contribution in [1.82, 2.24) is 5.32 Å². The number of hydrogen-bond acceptors (Lipinski definition) is 5. The quantitative estimate of drug-likeness (QED) is 0.595. The summed E-state index contributed by atoms with van der Waals surface area (Å²) < 4.78 is 10.5. The molecule has 1 aliphatic heterocycles. The molecular weight excluding hydrogens is 406 g/mol. The van der Waals surface area contributed by atoms with Gasteiger partial charge < -0.3 is 25.0 Å². The molecule has 0 spiro atoms. The minimum atomic E-state index is -0.315. The number of rotatable bonds is 9. The monoisotopic (exact) mass is 431 g/mol. The minimum absolute atomic E-state index is 0.148. The predicted octanol–water partition coefficient (Wildman–Crippen LogP) is 3.33. The zero-order valence-electron chi connectivity index (χ0n) is 16.9. The highest BCUT2D eigenvalue weighted by Gasteiger charge is 2.20. The average molecular weight is 432 g/mol. The Morgan fingerprint density at radius 2 is 1.83 bits per heavy atom. The molecule has 0 aliphatic carbocycles. The SMILES string of the molecule is COCCNC(=O)c1cc(NC(=O)COc2ccc(Cl)cc2)ccc1N1CCCC1. The molecule has 0 radical (unpaired) electrons. The van der Waals surface area contributed by atoms with Gasteiger partial charge in [0.25, 0.3) is 11.8 Å². The molecule has 0 saturated carbocycles. The molecule has 1 saturated heterocycles. The molecule has 30 heavy (non-hydrogen) atoms. The summed E-state index contributed by atoms with van der Waals surface area (Å²) in [5.41, 5.74) is 1.95. The minimum Gasteiger partial charge on any atom is -0.484 e. The number of ether oxygens (including phenoxy) is 2. The maximum absolute atomic E-state index is 12.7. The summed E-state index contributed by atoms with van der Waals surface area (Å²) in [7, 11) is 1.59. The van der Waals surface area contributed by atoms with Gasteiger partial charge in [-0.15, -0.1) is 0 Å². The summed E-state index contributed by atoms with van der Waals surface area (Å²) in [6, 6.07) is 12.2. The van der Waals surface area contributed by atoms with Crippen LogP contribution in [0.5, 0.6) is 5.75 Å². The van der Waals surface area contributed by atoms with Gasteiger partial charge in [-0.05, 0) is 55.3 Å². The Kier molecular flexibility index (Phi) is 7.93. The van der Waals surface area contributed by atoms with Crippen molar-refractivity contribution in [3.8, 4) is 5.75 Å². The molecule has 160 valence electrons. The fraction of sp³-hybridized carbons (Fsp3) is 0.364. The molecule has 1 aliphatic rings. The van der Waals surface area contributed by atoms with Crippen LogP contribution >= 0.6 is 11.6 Å². The van der Waals surface area contributed by atoms with Crippen molar-refractivity contribution in [2.75, 3.05) is 50.2 Å². The van der Waals surface area contributed by atoms with Gasteiger partial charge in [0.2, 0.25) is 0 Å². The van der Waals surface area contributed by atoms with Gasteiger partial charge in [-0.3, -0.25) is 9.59 Å². The number of amides is 2. The highest BCUT2D eigenvalue weighted by Crippen LogP contribution is 2.27. The van der Waals surface area contributed by atoms with Crippen LogP contribution in [0.15, 0.2) is 42.5 Å². The first-order chi connectivity index (χ1) is 14.6. The van der Waals surface area contributed by atoms with Crippen LogP contribution in [-0.4, -0.2) is 51.8 Å². The zero-order chi connectivity index (χ0) is 21.3. The topological polar surface area (TPSA) is 79.9 Å². The van der Waals surface area contributed by atoms with Gasteiger partial charge in [0.15, 0.2) is 6.61 Å². The van der Waals surface area contributed by atoms with Gasteiger partial charge in [0.1, 0.15) is 5.75 Å². The number of carbonyl (C=O) groups is 2. The van der Waals surface area contributed by atoms with E-state index in [0.29, 0.717) is 35.2 Å². The van der Waals surface area contributed by atoms with Crippen molar-refractivity contribution >= 4 is 34.8 Å². The van der Waals surface area contributed by atoms with E-state index in [1.807, 2.05) is 6.07 Å². The summed E-state index contributed by atoms with van der Waals surface area (Å²) in [5.74, 6) is 0.0456. The Morgan fingerprint density at radius 1 is 1.10 bits per heavy atom. The summed E-state index contributed by atoms with van der Waals surface area (Å²) in [4.78, 5) is 27.2. The van der Waals surface area contributed by atoms with Crippen molar-refractivity contribution in [1.29, 1.82) is 0 Å². The Labute approximate surface area is 181 Å².